The Bertz CT molecular complexity index is 1370. The SMILES string of the molecule is C=CCC[C@H](Cc1ccccc1)C(=O)OC[C@H](COCc1ccccc1)NC(=O)[C@H](CC=C)CC(=O)N(CCO)Cc1ccccc1. The van der Waals surface area contributed by atoms with E-state index in [4.69, 9.17) is 9.47 Å². The molecule has 2 N–H and O–H groups in total. The van der Waals surface area contributed by atoms with E-state index >= 15 is 0 Å². The van der Waals surface area contributed by atoms with E-state index in [1.807, 2.05) is 91.0 Å². The van der Waals surface area contributed by atoms with Crippen molar-refractivity contribution in [1.29, 1.82) is 0 Å². The number of carbonyl (C=O) groups excluding carboxylic acids is 3. The van der Waals surface area contributed by atoms with Crippen LogP contribution in [-0.2, 0) is 43.4 Å². The number of allylic oxidation sites excluding steroid dienone is 2. The number of esters is 1. The highest BCUT2D eigenvalue weighted by Crippen LogP contribution is 2.18. The van der Waals surface area contributed by atoms with Crippen molar-refractivity contribution >= 4 is 17.8 Å². The van der Waals surface area contributed by atoms with Gasteiger partial charge in [0.1, 0.15) is 6.61 Å². The summed E-state index contributed by atoms with van der Waals surface area (Å²) in [5.74, 6) is -2.04. The molecule has 0 fully saturated rings. The number of aliphatic hydroxyl groups excluding tert-OH is 1. The summed E-state index contributed by atoms with van der Waals surface area (Å²) in [5, 5.41) is 12.6. The normalized spacial score (nSPS) is 12.7. The number of nitrogens with one attached hydrogen (secondary N) is 1. The fourth-order valence-corrected chi connectivity index (χ4v) is 5.21. The lowest BCUT2D eigenvalue weighted by atomic mass is 9.95. The first-order valence-electron chi connectivity index (χ1n) is 16.2. The van der Waals surface area contributed by atoms with Crippen LogP contribution in [0.2, 0.25) is 0 Å². The van der Waals surface area contributed by atoms with Gasteiger partial charge in [0, 0.05) is 19.5 Å². The Morgan fingerprint density at radius 2 is 1.43 bits per heavy atom. The zero-order valence-corrected chi connectivity index (χ0v) is 27.2. The number of benzene rings is 3. The molecule has 0 radical (unpaired) electrons. The minimum Gasteiger partial charge on any atom is -0.463 e. The van der Waals surface area contributed by atoms with Crippen LogP contribution in [0.4, 0.5) is 0 Å². The van der Waals surface area contributed by atoms with E-state index in [-0.39, 0.29) is 62.9 Å². The Balaban J connectivity index is 1.69. The molecule has 0 aliphatic heterocycles. The zero-order valence-electron chi connectivity index (χ0n) is 27.2. The molecule has 250 valence electrons. The summed E-state index contributed by atoms with van der Waals surface area (Å²) in [6.07, 6.45) is 5.40. The molecule has 2 amide bonds. The van der Waals surface area contributed by atoms with Gasteiger partial charge in [0.15, 0.2) is 0 Å². The number of carbonyl (C=O) groups is 3. The van der Waals surface area contributed by atoms with Gasteiger partial charge < -0.3 is 24.8 Å². The highest BCUT2D eigenvalue weighted by Gasteiger charge is 2.27. The molecular weight excluding hydrogens is 592 g/mol. The first kappa shape index (κ1) is 36.9. The predicted molar refractivity (Wildman–Crippen MR) is 184 cm³/mol. The smallest absolute Gasteiger partial charge is 0.309 e. The number of hydrogen-bond acceptors (Lipinski definition) is 6. The first-order chi connectivity index (χ1) is 22.9. The minimum atomic E-state index is -0.706. The van der Waals surface area contributed by atoms with E-state index in [2.05, 4.69) is 18.5 Å². The van der Waals surface area contributed by atoms with Crippen LogP contribution in [0.25, 0.3) is 0 Å². The van der Waals surface area contributed by atoms with E-state index < -0.39 is 12.0 Å². The van der Waals surface area contributed by atoms with Crippen molar-refractivity contribution in [3.8, 4) is 0 Å². The number of nitrogens with zero attached hydrogens (tertiary/aromatic N) is 1. The summed E-state index contributed by atoms with van der Waals surface area (Å²) in [7, 11) is 0. The van der Waals surface area contributed by atoms with Crippen molar-refractivity contribution < 1.29 is 29.0 Å². The number of ether oxygens (including phenoxy) is 2. The largest absolute Gasteiger partial charge is 0.463 e. The molecule has 0 unspecified atom stereocenters. The Hall–Kier alpha value is -4.53. The van der Waals surface area contributed by atoms with Gasteiger partial charge in [-0.2, -0.15) is 0 Å². The van der Waals surface area contributed by atoms with Crippen molar-refractivity contribution in [3.63, 3.8) is 0 Å². The molecule has 3 aromatic carbocycles. The molecule has 0 saturated heterocycles. The standard InChI is InChI=1S/C39H48N2O6/c1-3-5-22-35(25-31-16-9-6-10-17-31)39(45)47-30-36(29-46-28-33-20-13-8-14-21-33)40-38(44)34(15-4-2)26-37(43)41(23-24-42)27-32-18-11-7-12-19-32/h3-4,6-14,16-21,34-36,42H,1-2,5,15,22-30H2,(H,40,44)/t34-,35-,36+/m1/s1. The zero-order chi connectivity index (χ0) is 33.7. The Morgan fingerprint density at radius 3 is 2.02 bits per heavy atom. The van der Waals surface area contributed by atoms with Gasteiger partial charge in [0.25, 0.3) is 0 Å². The highest BCUT2D eigenvalue weighted by molar-refractivity contribution is 5.86. The van der Waals surface area contributed by atoms with Gasteiger partial charge in [-0.1, -0.05) is 103 Å². The molecule has 3 rings (SSSR count). The number of aliphatic hydroxyl groups is 1. The van der Waals surface area contributed by atoms with Gasteiger partial charge in [-0.25, -0.2) is 0 Å². The van der Waals surface area contributed by atoms with Crippen LogP contribution < -0.4 is 5.32 Å². The van der Waals surface area contributed by atoms with Gasteiger partial charge in [0.05, 0.1) is 37.7 Å². The van der Waals surface area contributed by atoms with Gasteiger partial charge in [-0.3, -0.25) is 14.4 Å². The monoisotopic (exact) mass is 640 g/mol. The summed E-state index contributed by atoms with van der Waals surface area (Å²) in [5.41, 5.74) is 2.93. The Labute approximate surface area is 279 Å². The summed E-state index contributed by atoms with van der Waals surface area (Å²) < 4.78 is 11.8. The summed E-state index contributed by atoms with van der Waals surface area (Å²) >= 11 is 0. The second-order valence-corrected chi connectivity index (χ2v) is 11.5. The molecule has 3 atom stereocenters. The van der Waals surface area contributed by atoms with Crippen molar-refractivity contribution in [2.24, 2.45) is 11.8 Å². The Morgan fingerprint density at radius 1 is 0.809 bits per heavy atom. The van der Waals surface area contributed by atoms with E-state index in [1.165, 1.54) is 0 Å². The van der Waals surface area contributed by atoms with Crippen LogP contribution in [-0.4, -0.2) is 60.2 Å². The van der Waals surface area contributed by atoms with Gasteiger partial charge in [-0.05, 0) is 42.4 Å². The fraction of sp³-hybridized carbons (Fsp3) is 0.359. The lowest BCUT2D eigenvalue weighted by molar-refractivity contribution is -0.150. The van der Waals surface area contributed by atoms with Crippen LogP contribution in [0.1, 0.15) is 42.4 Å². The third-order valence-electron chi connectivity index (χ3n) is 7.76. The molecule has 0 bridgehead atoms. The topological polar surface area (TPSA) is 105 Å². The maximum Gasteiger partial charge on any atom is 0.309 e. The average molecular weight is 641 g/mol. The van der Waals surface area contributed by atoms with Crippen molar-refractivity contribution in [2.75, 3.05) is 26.4 Å². The van der Waals surface area contributed by atoms with Crippen molar-refractivity contribution in [2.45, 2.75) is 51.3 Å². The molecule has 0 aliphatic carbocycles. The average Bonchev–Trinajstić information content (AvgIpc) is 3.09. The summed E-state index contributed by atoms with van der Waals surface area (Å²) in [6.45, 7) is 8.21. The molecular formula is C39H48N2O6. The number of hydrogen-bond donors (Lipinski definition) is 2. The van der Waals surface area contributed by atoms with E-state index in [1.54, 1.807) is 17.1 Å². The molecule has 0 spiro atoms. The molecule has 47 heavy (non-hydrogen) atoms. The third-order valence-corrected chi connectivity index (χ3v) is 7.76. The van der Waals surface area contributed by atoms with Crippen LogP contribution in [0.3, 0.4) is 0 Å². The second-order valence-electron chi connectivity index (χ2n) is 11.5. The summed E-state index contributed by atoms with van der Waals surface area (Å²) in [4.78, 5) is 41.9. The maximum atomic E-state index is 13.6. The quantitative estimate of drug-likeness (QED) is 0.109. The van der Waals surface area contributed by atoms with E-state index in [9.17, 15) is 19.5 Å². The van der Waals surface area contributed by atoms with Crippen LogP contribution in [0.5, 0.6) is 0 Å². The van der Waals surface area contributed by atoms with E-state index in [0.29, 0.717) is 32.4 Å². The molecule has 0 heterocycles. The van der Waals surface area contributed by atoms with E-state index in [0.717, 1.165) is 16.7 Å². The molecule has 0 aliphatic rings. The predicted octanol–water partition coefficient (Wildman–Crippen LogP) is 5.66. The lowest BCUT2D eigenvalue weighted by Gasteiger charge is -2.26. The lowest BCUT2D eigenvalue weighted by Crippen LogP contribution is -2.46. The first-order valence-corrected chi connectivity index (χ1v) is 16.2. The van der Waals surface area contributed by atoms with Crippen LogP contribution >= 0.6 is 0 Å². The number of amides is 2. The Kier molecular flexibility index (Phi) is 16.7. The van der Waals surface area contributed by atoms with Crippen molar-refractivity contribution in [3.05, 3.63) is 133 Å². The highest BCUT2D eigenvalue weighted by atomic mass is 16.5. The molecule has 3 aromatic rings. The molecule has 8 nitrogen and oxygen atoms in total. The fourth-order valence-electron chi connectivity index (χ4n) is 5.21. The maximum absolute atomic E-state index is 13.6. The molecule has 8 heteroatoms. The minimum absolute atomic E-state index is 0.0667. The van der Waals surface area contributed by atoms with Crippen LogP contribution in [0, 0.1) is 11.8 Å². The second kappa shape index (κ2) is 21.3. The van der Waals surface area contributed by atoms with Crippen molar-refractivity contribution in [1.82, 2.24) is 10.2 Å². The van der Waals surface area contributed by atoms with Gasteiger partial charge >= 0.3 is 5.97 Å². The summed E-state index contributed by atoms with van der Waals surface area (Å²) in [6, 6.07) is 28.3. The van der Waals surface area contributed by atoms with Crippen LogP contribution in [0.15, 0.2) is 116 Å². The van der Waals surface area contributed by atoms with Gasteiger partial charge in [-0.15, -0.1) is 13.2 Å². The molecule has 0 saturated carbocycles. The molecule has 0 aromatic heterocycles. The van der Waals surface area contributed by atoms with Gasteiger partial charge in [0.2, 0.25) is 11.8 Å². The number of rotatable bonds is 22. The third kappa shape index (κ3) is 13.8.